The molecule has 0 saturated heterocycles. The van der Waals surface area contributed by atoms with E-state index in [0.717, 1.165) is 10.2 Å². The van der Waals surface area contributed by atoms with E-state index in [2.05, 4.69) is 36.5 Å². The van der Waals surface area contributed by atoms with Crippen molar-refractivity contribution in [1.82, 2.24) is 9.97 Å². The Morgan fingerprint density at radius 1 is 0.923 bits per heavy atom. The number of nitrogens with one attached hydrogen (secondary N) is 2. The van der Waals surface area contributed by atoms with Crippen LogP contribution in [-0.2, 0) is 9.84 Å². The Morgan fingerprint density at radius 3 is 2.15 bits per heavy atom. The third kappa shape index (κ3) is 4.59. The first-order chi connectivity index (χ1) is 12.5. The van der Waals surface area contributed by atoms with Crippen LogP contribution in [0.3, 0.4) is 0 Å². The van der Waals surface area contributed by atoms with Gasteiger partial charge in [0.05, 0.1) is 10.6 Å². The van der Waals surface area contributed by atoms with E-state index in [0.29, 0.717) is 17.3 Å². The summed E-state index contributed by atoms with van der Waals surface area (Å²) in [6, 6.07) is 16.2. The number of benzene rings is 2. The Hall–Kier alpha value is -2.45. The summed E-state index contributed by atoms with van der Waals surface area (Å²) >= 11 is 3.43. The summed E-state index contributed by atoms with van der Waals surface area (Å²) in [5, 5.41) is 6.31. The maximum absolute atomic E-state index is 12.0. The molecular weight excluding hydrogens is 416 g/mol. The minimum absolute atomic E-state index is 0.0602. The number of hydrogen-bond donors (Lipinski definition) is 2. The summed E-state index contributed by atoms with van der Waals surface area (Å²) in [5.41, 5.74) is 1.53. The third-order valence-corrected chi connectivity index (χ3v) is 5.84. The van der Waals surface area contributed by atoms with Gasteiger partial charge in [0.1, 0.15) is 18.0 Å². The molecule has 0 aliphatic rings. The molecule has 0 fully saturated rings. The van der Waals surface area contributed by atoms with Gasteiger partial charge in [0.2, 0.25) is 0 Å². The largest absolute Gasteiger partial charge is 0.340 e. The van der Waals surface area contributed by atoms with Crippen molar-refractivity contribution in [2.24, 2.45) is 0 Å². The van der Waals surface area contributed by atoms with Crippen LogP contribution < -0.4 is 10.6 Å². The second-order valence-electron chi connectivity index (χ2n) is 5.48. The minimum atomic E-state index is -3.26. The number of rotatable bonds is 6. The van der Waals surface area contributed by atoms with E-state index in [-0.39, 0.29) is 10.6 Å². The van der Waals surface area contributed by atoms with Crippen LogP contribution in [0.15, 0.2) is 70.3 Å². The average molecular weight is 433 g/mol. The first-order valence-corrected chi connectivity index (χ1v) is 10.4. The van der Waals surface area contributed by atoms with Crippen molar-refractivity contribution < 1.29 is 8.42 Å². The van der Waals surface area contributed by atoms with Crippen LogP contribution in [0, 0.1) is 0 Å². The van der Waals surface area contributed by atoms with Gasteiger partial charge < -0.3 is 10.6 Å². The average Bonchev–Trinajstić information content (AvgIpc) is 2.62. The number of hydrogen-bond acceptors (Lipinski definition) is 6. The number of nitrogens with zero attached hydrogens (tertiary/aromatic N) is 2. The summed E-state index contributed by atoms with van der Waals surface area (Å²) in [6.45, 7) is 1.62. The van der Waals surface area contributed by atoms with Crippen molar-refractivity contribution in [2.45, 2.75) is 11.8 Å². The van der Waals surface area contributed by atoms with Crippen molar-refractivity contribution in [3.05, 3.63) is 65.4 Å². The molecule has 134 valence electrons. The van der Waals surface area contributed by atoms with Crippen LogP contribution >= 0.6 is 15.9 Å². The molecule has 1 heterocycles. The molecule has 0 amide bonds. The molecule has 0 bridgehead atoms. The van der Waals surface area contributed by atoms with Crippen LogP contribution in [0.1, 0.15) is 6.92 Å². The Morgan fingerprint density at radius 2 is 1.54 bits per heavy atom. The van der Waals surface area contributed by atoms with Crippen molar-refractivity contribution in [3.8, 4) is 0 Å². The quantitative estimate of drug-likeness (QED) is 0.595. The summed E-state index contributed by atoms with van der Waals surface area (Å²) in [6.07, 6.45) is 1.44. The highest BCUT2D eigenvalue weighted by Gasteiger charge is 2.12. The summed E-state index contributed by atoms with van der Waals surface area (Å²) in [4.78, 5) is 8.67. The Labute approximate surface area is 160 Å². The van der Waals surface area contributed by atoms with Gasteiger partial charge in [-0.3, -0.25) is 0 Å². The van der Waals surface area contributed by atoms with Gasteiger partial charge in [-0.25, -0.2) is 18.4 Å². The molecule has 8 heteroatoms. The zero-order chi connectivity index (χ0) is 18.6. The normalized spacial score (nSPS) is 11.2. The summed E-state index contributed by atoms with van der Waals surface area (Å²) in [5.74, 6) is 1.24. The van der Waals surface area contributed by atoms with E-state index >= 15 is 0 Å². The van der Waals surface area contributed by atoms with Gasteiger partial charge in [-0.05, 0) is 36.4 Å². The van der Waals surface area contributed by atoms with Gasteiger partial charge in [-0.2, -0.15) is 0 Å². The lowest BCUT2D eigenvalue weighted by molar-refractivity contribution is 0.597. The lowest BCUT2D eigenvalue weighted by Crippen LogP contribution is -2.04. The van der Waals surface area contributed by atoms with Gasteiger partial charge in [0.15, 0.2) is 9.84 Å². The van der Waals surface area contributed by atoms with Crippen LogP contribution in [0.2, 0.25) is 0 Å². The molecule has 0 atom stereocenters. The maximum atomic E-state index is 12.0. The predicted molar refractivity (Wildman–Crippen MR) is 107 cm³/mol. The SMILES string of the molecule is CCS(=O)(=O)c1cccc(Nc2cc(Nc3cccc(Br)c3)ncn2)c1. The zero-order valence-electron chi connectivity index (χ0n) is 14.0. The molecule has 0 aliphatic carbocycles. The van der Waals surface area contributed by atoms with Gasteiger partial charge in [-0.1, -0.05) is 35.0 Å². The highest BCUT2D eigenvalue weighted by Crippen LogP contribution is 2.23. The summed E-state index contributed by atoms with van der Waals surface area (Å²) < 4.78 is 25.0. The fourth-order valence-corrected chi connectivity index (χ4v) is 3.61. The fourth-order valence-electron chi connectivity index (χ4n) is 2.29. The molecule has 0 unspecified atom stereocenters. The first kappa shape index (κ1) is 18.3. The van der Waals surface area contributed by atoms with Gasteiger partial charge in [0.25, 0.3) is 0 Å². The predicted octanol–water partition coefficient (Wildman–Crippen LogP) is 4.52. The second kappa shape index (κ2) is 7.84. The van der Waals surface area contributed by atoms with Crippen molar-refractivity contribution in [1.29, 1.82) is 0 Å². The van der Waals surface area contributed by atoms with Gasteiger partial charge >= 0.3 is 0 Å². The van der Waals surface area contributed by atoms with E-state index in [1.165, 1.54) is 6.33 Å². The molecule has 2 N–H and O–H groups in total. The molecule has 2 aromatic carbocycles. The molecule has 0 saturated carbocycles. The number of halogens is 1. The Balaban J connectivity index is 1.80. The molecule has 3 aromatic rings. The molecule has 0 aliphatic heterocycles. The Bertz CT molecular complexity index is 1020. The fraction of sp³-hybridized carbons (Fsp3) is 0.111. The highest BCUT2D eigenvalue weighted by molar-refractivity contribution is 9.10. The third-order valence-electron chi connectivity index (χ3n) is 3.61. The summed E-state index contributed by atoms with van der Waals surface area (Å²) in [7, 11) is -3.26. The number of anilines is 4. The molecule has 3 rings (SSSR count). The smallest absolute Gasteiger partial charge is 0.178 e. The zero-order valence-corrected chi connectivity index (χ0v) is 16.4. The maximum Gasteiger partial charge on any atom is 0.178 e. The number of aromatic nitrogens is 2. The van der Waals surface area contributed by atoms with Crippen LogP contribution in [0.25, 0.3) is 0 Å². The highest BCUT2D eigenvalue weighted by atomic mass is 79.9. The minimum Gasteiger partial charge on any atom is -0.340 e. The molecule has 0 radical (unpaired) electrons. The Kier molecular flexibility index (Phi) is 5.53. The van der Waals surface area contributed by atoms with E-state index in [1.54, 1.807) is 37.3 Å². The lowest BCUT2D eigenvalue weighted by Gasteiger charge is -2.10. The molecule has 1 aromatic heterocycles. The first-order valence-electron chi connectivity index (χ1n) is 7.91. The van der Waals surface area contributed by atoms with Gasteiger partial charge in [-0.15, -0.1) is 0 Å². The van der Waals surface area contributed by atoms with E-state index in [9.17, 15) is 8.42 Å². The molecule has 26 heavy (non-hydrogen) atoms. The van der Waals surface area contributed by atoms with Crippen molar-refractivity contribution in [2.75, 3.05) is 16.4 Å². The van der Waals surface area contributed by atoms with Crippen LogP contribution in [0.5, 0.6) is 0 Å². The molecular formula is C18H17BrN4O2S. The van der Waals surface area contributed by atoms with Crippen molar-refractivity contribution in [3.63, 3.8) is 0 Å². The lowest BCUT2D eigenvalue weighted by atomic mass is 10.3. The van der Waals surface area contributed by atoms with Gasteiger partial charge in [0, 0.05) is 21.9 Å². The molecule has 6 nitrogen and oxygen atoms in total. The van der Waals surface area contributed by atoms with E-state index < -0.39 is 9.84 Å². The van der Waals surface area contributed by atoms with Crippen LogP contribution in [0.4, 0.5) is 23.0 Å². The monoisotopic (exact) mass is 432 g/mol. The topological polar surface area (TPSA) is 84.0 Å². The van der Waals surface area contributed by atoms with Crippen molar-refractivity contribution >= 4 is 48.8 Å². The van der Waals surface area contributed by atoms with Crippen LogP contribution in [-0.4, -0.2) is 24.1 Å². The second-order valence-corrected chi connectivity index (χ2v) is 8.67. The number of sulfone groups is 1. The van der Waals surface area contributed by atoms with E-state index in [4.69, 9.17) is 0 Å². The van der Waals surface area contributed by atoms with E-state index in [1.807, 2.05) is 24.3 Å². The molecule has 0 spiro atoms. The standard InChI is InChI=1S/C18H17BrN4O2S/c1-2-26(24,25)16-8-4-7-15(10-16)23-18-11-17(20-12-21-18)22-14-6-3-5-13(19)9-14/h3-12H,2H2,1H3,(H2,20,21,22,23).